The molecule has 0 amide bonds. The summed E-state index contributed by atoms with van der Waals surface area (Å²) in [6, 6.07) is -0.204. The van der Waals surface area contributed by atoms with Gasteiger partial charge < -0.3 is 5.32 Å². The van der Waals surface area contributed by atoms with E-state index < -0.39 is 12.1 Å². The summed E-state index contributed by atoms with van der Waals surface area (Å²) in [6.45, 7) is 2.58. The summed E-state index contributed by atoms with van der Waals surface area (Å²) < 4.78 is 41.5. The molecule has 120 valence electrons. The Bertz CT molecular complexity index is 444. The highest BCUT2D eigenvalue weighted by molar-refractivity contribution is 4.95. The predicted octanol–water partition coefficient (Wildman–Crippen LogP) is 2.70. The molecular weight excluding hydrogens is 281 g/mol. The Hall–Kier alpha value is -1.11. The van der Waals surface area contributed by atoms with E-state index in [4.69, 9.17) is 0 Å². The van der Waals surface area contributed by atoms with Gasteiger partial charge in [0.2, 0.25) is 0 Å². The number of nitrogens with one attached hydrogen (secondary N) is 1. The normalized spacial score (nSPS) is 25.0. The lowest BCUT2D eigenvalue weighted by Crippen LogP contribution is -2.47. The molecule has 4 nitrogen and oxygen atoms in total. The van der Waals surface area contributed by atoms with Gasteiger partial charge in [0.1, 0.15) is 12.2 Å². The van der Waals surface area contributed by atoms with Gasteiger partial charge in [0.15, 0.2) is 0 Å². The zero-order valence-corrected chi connectivity index (χ0v) is 12.5. The van der Waals surface area contributed by atoms with Crippen molar-refractivity contribution in [2.75, 3.05) is 6.54 Å². The Morgan fingerprint density at radius 1 is 1.38 bits per heavy atom. The van der Waals surface area contributed by atoms with Crippen LogP contribution in [0.1, 0.15) is 38.4 Å². The highest BCUT2D eigenvalue weighted by atomic mass is 19.4. The molecule has 2 rings (SSSR count). The number of aromatic nitrogens is 3. The molecule has 0 spiro atoms. The fraction of sp³-hybridized carbons (Fsp3) is 0.857. The molecule has 0 bridgehead atoms. The van der Waals surface area contributed by atoms with Crippen molar-refractivity contribution in [3.63, 3.8) is 0 Å². The summed E-state index contributed by atoms with van der Waals surface area (Å²) in [4.78, 5) is 4.15. The molecule has 7 heteroatoms. The molecule has 1 aliphatic rings. The van der Waals surface area contributed by atoms with E-state index in [-0.39, 0.29) is 18.4 Å². The Morgan fingerprint density at radius 2 is 2.10 bits per heavy atom. The van der Waals surface area contributed by atoms with E-state index in [1.165, 1.54) is 6.33 Å². The third-order valence-electron chi connectivity index (χ3n) is 4.43. The molecule has 0 aliphatic heterocycles. The standard InChI is InChI=1S/C14H23F3N4/c1-3-18-12(8-13-19-9-20-21(13)2)10-6-4-5-7-11(10)14(15,16)17/h9-12,18H,3-8H2,1-2H3. The number of rotatable bonds is 5. The van der Waals surface area contributed by atoms with Gasteiger partial charge in [-0.3, -0.25) is 4.68 Å². The molecule has 21 heavy (non-hydrogen) atoms. The molecule has 3 unspecified atom stereocenters. The number of aryl methyl sites for hydroxylation is 1. The van der Waals surface area contributed by atoms with E-state index in [9.17, 15) is 13.2 Å². The molecule has 1 saturated carbocycles. The quantitative estimate of drug-likeness (QED) is 0.909. The third kappa shape index (κ3) is 3.96. The lowest BCUT2D eigenvalue weighted by atomic mass is 9.74. The van der Waals surface area contributed by atoms with Gasteiger partial charge in [0.05, 0.1) is 5.92 Å². The summed E-state index contributed by atoms with van der Waals surface area (Å²) in [5, 5.41) is 7.24. The monoisotopic (exact) mass is 304 g/mol. The van der Waals surface area contributed by atoms with Crippen molar-refractivity contribution in [1.29, 1.82) is 0 Å². The lowest BCUT2D eigenvalue weighted by molar-refractivity contribution is -0.199. The maximum atomic E-state index is 13.3. The van der Waals surface area contributed by atoms with Crippen molar-refractivity contribution in [2.45, 2.75) is 51.2 Å². The smallest absolute Gasteiger partial charge is 0.314 e. The fourth-order valence-corrected chi connectivity index (χ4v) is 3.39. The second-order valence-electron chi connectivity index (χ2n) is 5.76. The second-order valence-corrected chi connectivity index (χ2v) is 5.76. The number of hydrogen-bond acceptors (Lipinski definition) is 3. The first-order valence-electron chi connectivity index (χ1n) is 7.56. The van der Waals surface area contributed by atoms with E-state index in [2.05, 4.69) is 15.4 Å². The van der Waals surface area contributed by atoms with E-state index in [1.54, 1.807) is 11.7 Å². The molecule has 3 atom stereocenters. The van der Waals surface area contributed by atoms with E-state index >= 15 is 0 Å². The van der Waals surface area contributed by atoms with Crippen LogP contribution in [0.5, 0.6) is 0 Å². The first kappa shape index (κ1) is 16.3. The zero-order chi connectivity index (χ0) is 15.5. The summed E-state index contributed by atoms with van der Waals surface area (Å²) in [6.07, 6.45) is 0.233. The minimum atomic E-state index is -4.11. The van der Waals surface area contributed by atoms with Gasteiger partial charge in [-0.25, -0.2) is 4.98 Å². The maximum absolute atomic E-state index is 13.3. The Kier molecular flexibility index (Phi) is 5.24. The van der Waals surface area contributed by atoms with Gasteiger partial charge >= 0.3 is 6.18 Å². The van der Waals surface area contributed by atoms with Crippen molar-refractivity contribution in [3.05, 3.63) is 12.2 Å². The molecule has 1 aliphatic carbocycles. The van der Waals surface area contributed by atoms with Crippen LogP contribution in [0.3, 0.4) is 0 Å². The van der Waals surface area contributed by atoms with Crippen LogP contribution >= 0.6 is 0 Å². The van der Waals surface area contributed by atoms with Crippen LogP contribution in [0.4, 0.5) is 13.2 Å². The number of halogens is 3. The largest absolute Gasteiger partial charge is 0.392 e. The summed E-state index contributed by atoms with van der Waals surface area (Å²) in [5.41, 5.74) is 0. The van der Waals surface area contributed by atoms with Crippen LogP contribution in [-0.4, -0.2) is 33.5 Å². The lowest BCUT2D eigenvalue weighted by Gasteiger charge is -2.38. The first-order valence-corrected chi connectivity index (χ1v) is 7.56. The van der Waals surface area contributed by atoms with Crippen molar-refractivity contribution in [2.24, 2.45) is 18.9 Å². The Balaban J connectivity index is 2.16. The minimum absolute atomic E-state index is 0.204. The molecule has 1 fully saturated rings. The maximum Gasteiger partial charge on any atom is 0.392 e. The second kappa shape index (κ2) is 6.77. The van der Waals surface area contributed by atoms with Gasteiger partial charge in [-0.2, -0.15) is 18.3 Å². The van der Waals surface area contributed by atoms with Crippen molar-refractivity contribution in [3.8, 4) is 0 Å². The highest BCUT2D eigenvalue weighted by Crippen LogP contribution is 2.43. The molecule has 1 aromatic heterocycles. The van der Waals surface area contributed by atoms with Crippen LogP contribution in [0.15, 0.2) is 6.33 Å². The third-order valence-corrected chi connectivity index (χ3v) is 4.43. The van der Waals surface area contributed by atoms with Crippen molar-refractivity contribution >= 4 is 0 Å². The first-order chi connectivity index (χ1) is 9.93. The Labute approximate surface area is 123 Å². The van der Waals surface area contributed by atoms with Gasteiger partial charge in [0, 0.05) is 19.5 Å². The summed E-state index contributed by atoms with van der Waals surface area (Å²) in [7, 11) is 1.77. The molecule has 1 heterocycles. The van der Waals surface area contributed by atoms with Crippen LogP contribution in [0.2, 0.25) is 0 Å². The molecular formula is C14H23F3N4. The van der Waals surface area contributed by atoms with E-state index in [0.29, 0.717) is 25.8 Å². The fourth-order valence-electron chi connectivity index (χ4n) is 3.39. The number of nitrogens with zero attached hydrogens (tertiary/aromatic N) is 3. The van der Waals surface area contributed by atoms with E-state index in [0.717, 1.165) is 12.2 Å². The van der Waals surface area contributed by atoms with Gasteiger partial charge in [-0.15, -0.1) is 0 Å². The van der Waals surface area contributed by atoms with Crippen LogP contribution in [0.25, 0.3) is 0 Å². The number of likely N-dealkylation sites (N-methyl/N-ethyl adjacent to an activating group) is 1. The average Bonchev–Trinajstić information content (AvgIpc) is 2.83. The zero-order valence-electron chi connectivity index (χ0n) is 12.5. The molecule has 0 aromatic carbocycles. The minimum Gasteiger partial charge on any atom is -0.314 e. The van der Waals surface area contributed by atoms with Gasteiger partial charge in [0.25, 0.3) is 0 Å². The van der Waals surface area contributed by atoms with Crippen LogP contribution in [-0.2, 0) is 13.5 Å². The predicted molar refractivity (Wildman–Crippen MR) is 73.7 cm³/mol. The Morgan fingerprint density at radius 3 is 2.67 bits per heavy atom. The van der Waals surface area contributed by atoms with Crippen molar-refractivity contribution in [1.82, 2.24) is 20.1 Å². The van der Waals surface area contributed by atoms with Gasteiger partial charge in [-0.05, 0) is 25.3 Å². The van der Waals surface area contributed by atoms with Crippen LogP contribution in [0, 0.1) is 11.8 Å². The van der Waals surface area contributed by atoms with E-state index in [1.807, 2.05) is 6.92 Å². The molecule has 1 N–H and O–H groups in total. The number of alkyl halides is 3. The van der Waals surface area contributed by atoms with Crippen LogP contribution < -0.4 is 5.32 Å². The summed E-state index contributed by atoms with van der Waals surface area (Å²) >= 11 is 0. The SMILES string of the molecule is CCNC(Cc1ncnn1C)C1CCCCC1C(F)(F)F. The topological polar surface area (TPSA) is 42.7 Å². The van der Waals surface area contributed by atoms with Gasteiger partial charge in [-0.1, -0.05) is 19.8 Å². The summed E-state index contributed by atoms with van der Waals surface area (Å²) in [5.74, 6) is -0.855. The molecule has 0 radical (unpaired) electrons. The highest BCUT2D eigenvalue weighted by Gasteiger charge is 2.47. The average molecular weight is 304 g/mol. The number of hydrogen-bond donors (Lipinski definition) is 1. The molecule has 1 aromatic rings. The molecule has 0 saturated heterocycles. The van der Waals surface area contributed by atoms with Crippen molar-refractivity contribution < 1.29 is 13.2 Å².